The van der Waals surface area contributed by atoms with E-state index in [1.54, 1.807) is 0 Å². The van der Waals surface area contributed by atoms with Crippen LogP contribution in [0.1, 0.15) is 34.1 Å². The van der Waals surface area contributed by atoms with E-state index in [4.69, 9.17) is 10.5 Å². The van der Waals surface area contributed by atoms with Crippen molar-refractivity contribution in [3.63, 3.8) is 0 Å². The zero-order valence-corrected chi connectivity index (χ0v) is 10.1. The lowest BCUT2D eigenvalue weighted by molar-refractivity contribution is 0.0520. The third-order valence-electron chi connectivity index (χ3n) is 2.54. The highest BCUT2D eigenvalue weighted by Crippen LogP contribution is 2.03. The number of nitrogens with zero attached hydrogens (tertiary/aromatic N) is 1. The fourth-order valence-corrected chi connectivity index (χ4v) is 1.60. The second-order valence-electron chi connectivity index (χ2n) is 3.82. The summed E-state index contributed by atoms with van der Waals surface area (Å²) in [5.41, 5.74) is 5.62. The maximum Gasteiger partial charge on any atom is 0.0709 e. The molecule has 0 amide bonds. The molecule has 0 saturated carbocycles. The fourth-order valence-electron chi connectivity index (χ4n) is 1.60. The van der Waals surface area contributed by atoms with E-state index in [2.05, 4.69) is 25.7 Å². The van der Waals surface area contributed by atoms with Crippen LogP contribution in [-0.2, 0) is 4.74 Å². The Hall–Kier alpha value is -0.120. The maximum atomic E-state index is 5.62. The summed E-state index contributed by atoms with van der Waals surface area (Å²) in [6.45, 7) is 12.2. The summed E-state index contributed by atoms with van der Waals surface area (Å²) in [6.07, 6.45) is 1.27. The Bertz CT molecular complexity index is 128. The van der Waals surface area contributed by atoms with Crippen molar-refractivity contribution in [2.24, 2.45) is 5.73 Å². The zero-order valence-electron chi connectivity index (χ0n) is 10.1. The van der Waals surface area contributed by atoms with E-state index in [0.29, 0.717) is 12.6 Å². The molecular formula is C11H26N2O. The molecule has 0 aromatic heterocycles. The Morgan fingerprint density at radius 1 is 1.29 bits per heavy atom. The summed E-state index contributed by atoms with van der Waals surface area (Å²) < 4.78 is 5.51. The van der Waals surface area contributed by atoms with Crippen molar-refractivity contribution in [3.05, 3.63) is 0 Å². The van der Waals surface area contributed by atoms with Gasteiger partial charge in [0.1, 0.15) is 0 Å². The van der Waals surface area contributed by atoms with Crippen LogP contribution in [-0.4, -0.2) is 43.3 Å². The number of rotatable bonds is 8. The van der Waals surface area contributed by atoms with Crippen LogP contribution >= 0.6 is 0 Å². The summed E-state index contributed by atoms with van der Waals surface area (Å²) in [4.78, 5) is 2.43. The van der Waals surface area contributed by atoms with E-state index in [1.165, 1.54) is 0 Å². The van der Waals surface area contributed by atoms with Crippen molar-refractivity contribution in [1.82, 2.24) is 4.90 Å². The quantitative estimate of drug-likeness (QED) is 0.648. The average Bonchev–Trinajstić information content (AvgIpc) is 2.16. The largest absolute Gasteiger partial charge is 0.377 e. The van der Waals surface area contributed by atoms with Crippen molar-refractivity contribution in [3.8, 4) is 0 Å². The first kappa shape index (κ1) is 13.9. The van der Waals surface area contributed by atoms with Gasteiger partial charge in [-0.05, 0) is 33.7 Å². The highest BCUT2D eigenvalue weighted by Gasteiger charge is 2.11. The molecule has 0 saturated heterocycles. The van der Waals surface area contributed by atoms with E-state index in [0.717, 1.165) is 26.1 Å². The van der Waals surface area contributed by atoms with Crippen LogP contribution in [0.15, 0.2) is 0 Å². The Morgan fingerprint density at radius 2 is 1.93 bits per heavy atom. The third kappa shape index (κ3) is 5.58. The van der Waals surface area contributed by atoms with E-state index >= 15 is 0 Å². The van der Waals surface area contributed by atoms with Gasteiger partial charge < -0.3 is 15.4 Å². The lowest BCUT2D eigenvalue weighted by Gasteiger charge is -2.26. The fraction of sp³-hybridized carbons (Fsp3) is 1.00. The molecule has 0 aliphatic rings. The van der Waals surface area contributed by atoms with Gasteiger partial charge in [0.15, 0.2) is 0 Å². The molecule has 0 radical (unpaired) electrons. The first-order valence-electron chi connectivity index (χ1n) is 5.71. The van der Waals surface area contributed by atoms with Crippen molar-refractivity contribution >= 4 is 0 Å². The molecule has 0 aromatic carbocycles. The smallest absolute Gasteiger partial charge is 0.0709 e. The van der Waals surface area contributed by atoms with Crippen LogP contribution < -0.4 is 5.73 Å². The van der Waals surface area contributed by atoms with Crippen LogP contribution in [0.2, 0.25) is 0 Å². The highest BCUT2D eigenvalue weighted by atomic mass is 16.5. The molecule has 0 bridgehead atoms. The summed E-state index contributed by atoms with van der Waals surface area (Å²) in [5.74, 6) is 0. The van der Waals surface area contributed by atoms with Crippen LogP contribution in [0.25, 0.3) is 0 Å². The SMILES string of the molecule is CCOC(CN)CCN(CC)C(C)C. The normalized spacial score (nSPS) is 13.9. The van der Waals surface area contributed by atoms with Gasteiger partial charge in [-0.1, -0.05) is 6.92 Å². The van der Waals surface area contributed by atoms with Gasteiger partial charge >= 0.3 is 0 Å². The van der Waals surface area contributed by atoms with Crippen molar-refractivity contribution in [2.75, 3.05) is 26.2 Å². The standard InChI is InChI=1S/C11H26N2O/c1-5-13(10(3)4)8-7-11(9-12)14-6-2/h10-11H,5-9,12H2,1-4H3. The molecule has 3 nitrogen and oxygen atoms in total. The highest BCUT2D eigenvalue weighted by molar-refractivity contribution is 4.66. The molecule has 14 heavy (non-hydrogen) atoms. The Balaban J connectivity index is 3.75. The number of hydrogen-bond acceptors (Lipinski definition) is 3. The van der Waals surface area contributed by atoms with Crippen molar-refractivity contribution in [1.29, 1.82) is 0 Å². The second kappa shape index (κ2) is 8.21. The lowest BCUT2D eigenvalue weighted by Crippen LogP contribution is -2.35. The molecule has 0 aliphatic carbocycles. The van der Waals surface area contributed by atoms with Crippen molar-refractivity contribution < 1.29 is 4.74 Å². The minimum atomic E-state index is 0.229. The number of nitrogens with two attached hydrogens (primary N) is 1. The Kier molecular flexibility index (Phi) is 8.14. The monoisotopic (exact) mass is 202 g/mol. The molecule has 0 spiro atoms. The molecule has 3 heteroatoms. The minimum Gasteiger partial charge on any atom is -0.377 e. The zero-order chi connectivity index (χ0) is 11.0. The van der Waals surface area contributed by atoms with Gasteiger partial charge in [0, 0.05) is 25.7 Å². The van der Waals surface area contributed by atoms with Crippen LogP contribution in [0, 0.1) is 0 Å². The molecule has 86 valence electrons. The lowest BCUT2D eigenvalue weighted by atomic mass is 10.2. The van der Waals surface area contributed by atoms with E-state index in [1.807, 2.05) is 6.92 Å². The van der Waals surface area contributed by atoms with Gasteiger partial charge in [0.25, 0.3) is 0 Å². The van der Waals surface area contributed by atoms with Crippen LogP contribution in [0.4, 0.5) is 0 Å². The van der Waals surface area contributed by atoms with E-state index in [-0.39, 0.29) is 6.10 Å². The first-order valence-corrected chi connectivity index (χ1v) is 5.71. The molecule has 0 rings (SSSR count). The van der Waals surface area contributed by atoms with Gasteiger partial charge in [0.05, 0.1) is 6.10 Å². The van der Waals surface area contributed by atoms with Gasteiger partial charge in [-0.2, -0.15) is 0 Å². The summed E-state index contributed by atoms with van der Waals surface area (Å²) in [6, 6.07) is 0.611. The van der Waals surface area contributed by atoms with E-state index < -0.39 is 0 Å². The second-order valence-corrected chi connectivity index (χ2v) is 3.82. The van der Waals surface area contributed by atoms with Gasteiger partial charge in [-0.3, -0.25) is 0 Å². The molecule has 0 heterocycles. The predicted octanol–water partition coefficient (Wildman–Crippen LogP) is 1.47. The van der Waals surface area contributed by atoms with Gasteiger partial charge in [0.2, 0.25) is 0 Å². The molecule has 0 aliphatic heterocycles. The summed E-state index contributed by atoms with van der Waals surface area (Å²) in [5, 5.41) is 0. The number of hydrogen-bond donors (Lipinski definition) is 1. The molecule has 1 atom stereocenters. The topological polar surface area (TPSA) is 38.5 Å². The molecule has 2 N–H and O–H groups in total. The van der Waals surface area contributed by atoms with Gasteiger partial charge in [-0.25, -0.2) is 0 Å². The Morgan fingerprint density at radius 3 is 2.29 bits per heavy atom. The molecule has 1 unspecified atom stereocenters. The first-order chi connectivity index (χ1) is 6.65. The Labute approximate surface area is 88.6 Å². The minimum absolute atomic E-state index is 0.229. The predicted molar refractivity (Wildman–Crippen MR) is 61.5 cm³/mol. The number of ether oxygens (including phenoxy) is 1. The molecule has 0 aromatic rings. The third-order valence-corrected chi connectivity index (χ3v) is 2.54. The van der Waals surface area contributed by atoms with Gasteiger partial charge in [-0.15, -0.1) is 0 Å². The van der Waals surface area contributed by atoms with E-state index in [9.17, 15) is 0 Å². The maximum absolute atomic E-state index is 5.62. The average molecular weight is 202 g/mol. The molecular weight excluding hydrogens is 176 g/mol. The summed E-state index contributed by atoms with van der Waals surface area (Å²) >= 11 is 0. The van der Waals surface area contributed by atoms with Crippen LogP contribution in [0.3, 0.4) is 0 Å². The molecule has 0 fully saturated rings. The van der Waals surface area contributed by atoms with Crippen molar-refractivity contribution in [2.45, 2.75) is 46.3 Å². The van der Waals surface area contributed by atoms with Crippen LogP contribution in [0.5, 0.6) is 0 Å². The summed E-state index contributed by atoms with van der Waals surface area (Å²) in [7, 11) is 0.